The first kappa shape index (κ1) is 33.1. The van der Waals surface area contributed by atoms with Crippen LogP contribution in [0.15, 0.2) is 83.9 Å². The standard InChI is InChI=1S/C34H34N4O6/c1-3-43-33(41)29(19-35)17-25-9-13-31(14-10-25)37(23-39)21-27-5-7-28(8-6-27)22-38(24-40)32-15-11-26(12-16-32)18-30(20-36)34(42)44-4-2/h5-18,39-40H,3-4,21-24H2,1-2H3/b29-17+,30-18+. The maximum absolute atomic E-state index is 11.9. The van der Waals surface area contributed by atoms with Gasteiger partial charge in [0.25, 0.3) is 0 Å². The second-order valence-corrected chi connectivity index (χ2v) is 9.46. The van der Waals surface area contributed by atoms with Crippen LogP contribution in [0.25, 0.3) is 12.2 Å². The quantitative estimate of drug-likeness (QED) is 0.118. The number of carbonyl (C=O) groups is 2. The third-order valence-corrected chi connectivity index (χ3v) is 6.48. The molecule has 3 rings (SSSR count). The number of nitrogens with zero attached hydrogens (tertiary/aromatic N) is 4. The summed E-state index contributed by atoms with van der Waals surface area (Å²) in [6.07, 6.45) is 2.92. The van der Waals surface area contributed by atoms with Crippen molar-refractivity contribution in [2.45, 2.75) is 26.9 Å². The molecule has 0 bridgehead atoms. The predicted octanol–water partition coefficient (Wildman–Crippen LogP) is 4.54. The molecule has 0 unspecified atom stereocenters. The van der Waals surface area contributed by atoms with Crippen LogP contribution in [0.2, 0.25) is 0 Å². The van der Waals surface area contributed by atoms with E-state index >= 15 is 0 Å². The summed E-state index contributed by atoms with van der Waals surface area (Å²) in [5.41, 5.74) is 4.58. The molecular weight excluding hydrogens is 560 g/mol. The van der Waals surface area contributed by atoms with Gasteiger partial charge in [-0.3, -0.25) is 0 Å². The zero-order chi connectivity index (χ0) is 31.9. The minimum atomic E-state index is -0.671. The van der Waals surface area contributed by atoms with E-state index in [1.165, 1.54) is 12.2 Å². The molecule has 0 heterocycles. The van der Waals surface area contributed by atoms with Crippen LogP contribution in [-0.4, -0.2) is 48.8 Å². The van der Waals surface area contributed by atoms with Crippen LogP contribution in [0.3, 0.4) is 0 Å². The van der Waals surface area contributed by atoms with Gasteiger partial charge in [-0.1, -0.05) is 48.5 Å². The lowest BCUT2D eigenvalue weighted by molar-refractivity contribution is -0.138. The van der Waals surface area contributed by atoms with Gasteiger partial charge in [-0.05, 0) is 72.5 Å². The highest BCUT2D eigenvalue weighted by molar-refractivity contribution is 5.98. The number of anilines is 2. The van der Waals surface area contributed by atoms with Gasteiger partial charge in [0.05, 0.1) is 13.2 Å². The van der Waals surface area contributed by atoms with E-state index in [2.05, 4.69) is 0 Å². The van der Waals surface area contributed by atoms with E-state index < -0.39 is 11.9 Å². The van der Waals surface area contributed by atoms with Crippen molar-refractivity contribution in [1.29, 1.82) is 10.5 Å². The summed E-state index contributed by atoms with van der Waals surface area (Å²) in [4.78, 5) is 27.3. The first-order chi connectivity index (χ1) is 21.3. The Balaban J connectivity index is 1.65. The van der Waals surface area contributed by atoms with Crippen molar-refractivity contribution in [3.63, 3.8) is 0 Å². The molecule has 3 aromatic rings. The van der Waals surface area contributed by atoms with E-state index in [1.807, 2.05) is 36.4 Å². The number of esters is 2. The highest BCUT2D eigenvalue weighted by Crippen LogP contribution is 2.22. The van der Waals surface area contributed by atoms with Crippen LogP contribution in [0.5, 0.6) is 0 Å². The third-order valence-electron chi connectivity index (χ3n) is 6.48. The lowest BCUT2D eigenvalue weighted by Gasteiger charge is -2.24. The SMILES string of the molecule is CCOC(=O)/C(C#N)=C/c1ccc(N(CO)Cc2ccc(CN(CO)c3ccc(/C=C(\C#N)C(=O)OCC)cc3)cc2)cc1. The number of nitriles is 2. The van der Waals surface area contributed by atoms with Crippen LogP contribution in [0, 0.1) is 22.7 Å². The summed E-state index contributed by atoms with van der Waals surface area (Å²) >= 11 is 0. The Labute approximate surface area is 256 Å². The highest BCUT2D eigenvalue weighted by atomic mass is 16.5. The highest BCUT2D eigenvalue weighted by Gasteiger charge is 2.13. The van der Waals surface area contributed by atoms with Gasteiger partial charge in [0, 0.05) is 24.5 Å². The maximum atomic E-state index is 11.9. The van der Waals surface area contributed by atoms with E-state index in [-0.39, 0.29) is 37.8 Å². The molecule has 0 aromatic heterocycles. The van der Waals surface area contributed by atoms with Gasteiger partial charge in [-0.2, -0.15) is 10.5 Å². The second-order valence-electron chi connectivity index (χ2n) is 9.46. The summed E-state index contributed by atoms with van der Waals surface area (Å²) in [6, 6.07) is 25.8. The lowest BCUT2D eigenvalue weighted by Crippen LogP contribution is -2.24. The van der Waals surface area contributed by atoms with E-state index in [0.29, 0.717) is 24.2 Å². The van der Waals surface area contributed by atoms with E-state index in [4.69, 9.17) is 9.47 Å². The van der Waals surface area contributed by atoms with Gasteiger partial charge >= 0.3 is 11.9 Å². The van der Waals surface area contributed by atoms with E-state index in [0.717, 1.165) is 22.5 Å². The molecule has 0 radical (unpaired) electrons. The molecule has 0 aliphatic heterocycles. The van der Waals surface area contributed by atoms with Gasteiger partial charge in [0.2, 0.25) is 0 Å². The van der Waals surface area contributed by atoms with Gasteiger partial charge < -0.3 is 29.5 Å². The van der Waals surface area contributed by atoms with Crippen molar-refractivity contribution in [2.75, 3.05) is 36.5 Å². The molecular formula is C34H34N4O6. The van der Waals surface area contributed by atoms with Crippen molar-refractivity contribution in [2.24, 2.45) is 0 Å². The van der Waals surface area contributed by atoms with Crippen molar-refractivity contribution >= 4 is 35.5 Å². The fraction of sp³-hybridized carbons (Fsp3) is 0.235. The molecule has 0 aliphatic carbocycles. The topological polar surface area (TPSA) is 147 Å². The van der Waals surface area contributed by atoms with E-state index in [1.54, 1.807) is 72.2 Å². The number of hydrogen-bond donors (Lipinski definition) is 2. The third kappa shape index (κ3) is 9.30. The number of aliphatic hydroxyl groups is 2. The molecule has 10 heteroatoms. The van der Waals surface area contributed by atoms with Gasteiger partial charge in [0.15, 0.2) is 0 Å². The second kappa shape index (κ2) is 16.9. The number of carbonyl (C=O) groups excluding carboxylic acids is 2. The average Bonchev–Trinajstić information content (AvgIpc) is 3.05. The molecule has 0 amide bonds. The van der Waals surface area contributed by atoms with Crippen molar-refractivity contribution in [3.8, 4) is 12.1 Å². The largest absolute Gasteiger partial charge is 0.462 e. The van der Waals surface area contributed by atoms with Crippen molar-refractivity contribution in [3.05, 3.63) is 106 Å². The number of aliphatic hydroxyl groups excluding tert-OH is 2. The van der Waals surface area contributed by atoms with Gasteiger partial charge in [-0.15, -0.1) is 0 Å². The minimum absolute atomic E-state index is 0.0899. The number of ether oxygens (including phenoxy) is 2. The Morgan fingerprint density at radius 2 is 1.00 bits per heavy atom. The van der Waals surface area contributed by atoms with Crippen LogP contribution >= 0.6 is 0 Å². The molecule has 44 heavy (non-hydrogen) atoms. The first-order valence-electron chi connectivity index (χ1n) is 13.9. The monoisotopic (exact) mass is 594 g/mol. The summed E-state index contributed by atoms with van der Waals surface area (Å²) in [5, 5.41) is 38.5. The Hall–Kier alpha value is -5.42. The fourth-order valence-corrected chi connectivity index (χ4v) is 4.22. The summed E-state index contributed by atoms with van der Waals surface area (Å²) in [5.74, 6) is -1.34. The zero-order valence-corrected chi connectivity index (χ0v) is 24.6. The summed E-state index contributed by atoms with van der Waals surface area (Å²) in [7, 11) is 0. The summed E-state index contributed by atoms with van der Waals surface area (Å²) < 4.78 is 9.79. The molecule has 10 nitrogen and oxygen atoms in total. The average molecular weight is 595 g/mol. The Bertz CT molecular complexity index is 1430. The Morgan fingerprint density at radius 3 is 1.27 bits per heavy atom. The van der Waals surface area contributed by atoms with Crippen LogP contribution in [-0.2, 0) is 32.2 Å². The molecule has 3 aromatic carbocycles. The molecule has 0 saturated heterocycles. The van der Waals surface area contributed by atoms with Crippen LogP contribution in [0.1, 0.15) is 36.1 Å². The van der Waals surface area contributed by atoms with Crippen LogP contribution in [0.4, 0.5) is 11.4 Å². The molecule has 0 aliphatic rings. The lowest BCUT2D eigenvalue weighted by atomic mass is 10.1. The molecule has 0 saturated carbocycles. The Kier molecular flexibility index (Phi) is 12.7. The molecule has 0 atom stereocenters. The number of rotatable bonds is 14. The molecule has 2 N–H and O–H groups in total. The van der Waals surface area contributed by atoms with Crippen molar-refractivity contribution < 1.29 is 29.3 Å². The van der Waals surface area contributed by atoms with E-state index in [9.17, 15) is 30.3 Å². The number of hydrogen-bond acceptors (Lipinski definition) is 10. The molecule has 0 fully saturated rings. The normalized spacial score (nSPS) is 11.2. The Morgan fingerprint density at radius 1 is 0.659 bits per heavy atom. The van der Waals surface area contributed by atoms with Crippen molar-refractivity contribution in [1.82, 2.24) is 0 Å². The number of benzene rings is 3. The minimum Gasteiger partial charge on any atom is -0.462 e. The molecule has 226 valence electrons. The molecule has 0 spiro atoms. The fourth-order valence-electron chi connectivity index (χ4n) is 4.22. The van der Waals surface area contributed by atoms with Crippen LogP contribution < -0.4 is 9.80 Å². The van der Waals surface area contributed by atoms with Gasteiger partial charge in [0.1, 0.15) is 36.7 Å². The van der Waals surface area contributed by atoms with Gasteiger partial charge in [-0.25, -0.2) is 9.59 Å². The zero-order valence-electron chi connectivity index (χ0n) is 24.6. The smallest absolute Gasteiger partial charge is 0.348 e. The predicted molar refractivity (Wildman–Crippen MR) is 166 cm³/mol. The first-order valence-corrected chi connectivity index (χ1v) is 13.9. The maximum Gasteiger partial charge on any atom is 0.348 e. The summed E-state index contributed by atoms with van der Waals surface area (Å²) in [6.45, 7) is 4.15.